The normalized spacial score (nSPS) is 22.0. The molecule has 2 unspecified atom stereocenters. The lowest BCUT2D eigenvalue weighted by Gasteiger charge is -2.40. The Hall–Kier alpha value is -1.86. The number of urea groups is 1. The Balaban J connectivity index is 1.68. The van der Waals surface area contributed by atoms with Crippen molar-refractivity contribution >= 4 is 17.4 Å². The molecule has 2 aromatic rings. The fourth-order valence-corrected chi connectivity index (χ4v) is 4.37. The van der Waals surface area contributed by atoms with Crippen molar-refractivity contribution in [3.63, 3.8) is 0 Å². The van der Waals surface area contributed by atoms with Gasteiger partial charge in [-0.25, -0.2) is 4.79 Å². The summed E-state index contributed by atoms with van der Waals surface area (Å²) >= 11 is 1.77. The molecule has 0 saturated carbocycles. The van der Waals surface area contributed by atoms with Crippen molar-refractivity contribution in [2.75, 3.05) is 19.7 Å². The Morgan fingerprint density at radius 3 is 2.84 bits per heavy atom. The van der Waals surface area contributed by atoms with E-state index in [1.807, 2.05) is 38.2 Å². The fourth-order valence-electron chi connectivity index (χ4n) is 3.35. The van der Waals surface area contributed by atoms with Gasteiger partial charge in [-0.2, -0.15) is 5.10 Å². The molecule has 1 saturated heterocycles. The van der Waals surface area contributed by atoms with Gasteiger partial charge in [0.15, 0.2) is 0 Å². The fraction of sp³-hybridized carbons (Fsp3) is 0.556. The molecule has 3 rings (SSSR count). The molecule has 1 aliphatic heterocycles. The average Bonchev–Trinajstić information content (AvgIpc) is 3.13. The summed E-state index contributed by atoms with van der Waals surface area (Å²) in [6.45, 7) is 9.87. The monoisotopic (exact) mass is 362 g/mol. The summed E-state index contributed by atoms with van der Waals surface area (Å²) in [6.07, 6.45) is 3.75. The largest absolute Gasteiger partial charge is 0.367 e. The van der Waals surface area contributed by atoms with Crippen molar-refractivity contribution in [1.82, 2.24) is 20.0 Å². The summed E-state index contributed by atoms with van der Waals surface area (Å²) in [5, 5.41) is 7.36. The second-order valence-electron chi connectivity index (χ2n) is 6.94. The Kier molecular flexibility index (Phi) is 4.88. The van der Waals surface area contributed by atoms with Crippen LogP contribution in [-0.2, 0) is 17.4 Å². The van der Waals surface area contributed by atoms with E-state index >= 15 is 0 Å². The van der Waals surface area contributed by atoms with E-state index in [9.17, 15) is 4.79 Å². The lowest BCUT2D eigenvalue weighted by molar-refractivity contribution is -0.0908. The minimum Gasteiger partial charge on any atom is -0.367 e. The highest BCUT2D eigenvalue weighted by atomic mass is 32.1. The van der Waals surface area contributed by atoms with Gasteiger partial charge in [0.05, 0.1) is 25.4 Å². The third-order valence-electron chi connectivity index (χ3n) is 4.76. The van der Waals surface area contributed by atoms with Crippen LogP contribution in [0.3, 0.4) is 0 Å². The Bertz CT molecular complexity index is 769. The summed E-state index contributed by atoms with van der Waals surface area (Å²) in [6, 6.07) is 2.10. The molecule has 6 nitrogen and oxygen atoms in total. The van der Waals surface area contributed by atoms with Gasteiger partial charge in [0, 0.05) is 35.1 Å². The number of nitrogens with one attached hydrogen (secondary N) is 1. The van der Waals surface area contributed by atoms with Gasteiger partial charge < -0.3 is 15.0 Å². The molecule has 0 aliphatic carbocycles. The van der Waals surface area contributed by atoms with Crippen LogP contribution in [0.1, 0.15) is 40.8 Å². The van der Waals surface area contributed by atoms with Crippen molar-refractivity contribution in [2.24, 2.45) is 7.05 Å². The number of ether oxygens (including phenoxy) is 1. The maximum atomic E-state index is 12.8. The molecule has 3 heterocycles. The number of morpholine rings is 1. The van der Waals surface area contributed by atoms with Crippen molar-refractivity contribution in [2.45, 2.75) is 39.3 Å². The predicted molar refractivity (Wildman–Crippen MR) is 98.8 cm³/mol. The standard InChI is InChI=1S/C18H26N4O2S/c1-12-8-16(14(3)25-12)13(2)20-17(23)22-6-7-24-18(4,11-22)15-9-19-21(5)10-15/h8-10,13H,6-7,11H2,1-5H3,(H,20,23). The van der Waals surface area contributed by atoms with Crippen molar-refractivity contribution in [1.29, 1.82) is 0 Å². The average molecular weight is 362 g/mol. The molecule has 2 atom stereocenters. The van der Waals surface area contributed by atoms with E-state index in [1.54, 1.807) is 16.0 Å². The van der Waals surface area contributed by atoms with Crippen LogP contribution in [0, 0.1) is 13.8 Å². The Labute approximate surface area is 152 Å². The minimum atomic E-state index is -0.526. The van der Waals surface area contributed by atoms with Crippen LogP contribution in [0.15, 0.2) is 18.5 Å². The molecule has 2 aromatic heterocycles. The zero-order valence-electron chi connectivity index (χ0n) is 15.5. The molecule has 1 aliphatic rings. The molecule has 136 valence electrons. The molecule has 2 amide bonds. The van der Waals surface area contributed by atoms with Gasteiger partial charge in [0.2, 0.25) is 0 Å². The SMILES string of the molecule is Cc1cc(C(C)NC(=O)N2CCOC(C)(c3cnn(C)c3)C2)c(C)s1. The molecule has 0 bridgehead atoms. The number of thiophene rings is 1. The highest BCUT2D eigenvalue weighted by Gasteiger charge is 2.37. The molecule has 0 aromatic carbocycles. The maximum Gasteiger partial charge on any atom is 0.318 e. The van der Waals surface area contributed by atoms with E-state index in [0.717, 1.165) is 5.56 Å². The number of carbonyl (C=O) groups is 1. The third-order valence-corrected chi connectivity index (χ3v) is 5.74. The summed E-state index contributed by atoms with van der Waals surface area (Å²) < 4.78 is 7.74. The Morgan fingerprint density at radius 1 is 1.48 bits per heavy atom. The van der Waals surface area contributed by atoms with Gasteiger partial charge >= 0.3 is 6.03 Å². The number of hydrogen-bond acceptors (Lipinski definition) is 4. The zero-order chi connectivity index (χ0) is 18.2. The highest BCUT2D eigenvalue weighted by Crippen LogP contribution is 2.30. The van der Waals surface area contributed by atoms with Crippen LogP contribution < -0.4 is 5.32 Å². The maximum absolute atomic E-state index is 12.8. The second-order valence-corrected chi connectivity index (χ2v) is 8.40. The first kappa shape index (κ1) is 17.9. The molecule has 1 fully saturated rings. The zero-order valence-corrected chi connectivity index (χ0v) is 16.3. The number of rotatable bonds is 3. The van der Waals surface area contributed by atoms with Gasteiger partial charge in [0.25, 0.3) is 0 Å². The first-order valence-corrected chi connectivity index (χ1v) is 9.35. The lowest BCUT2D eigenvalue weighted by Crippen LogP contribution is -2.53. The van der Waals surface area contributed by atoms with Crippen LogP contribution >= 0.6 is 11.3 Å². The highest BCUT2D eigenvalue weighted by molar-refractivity contribution is 7.12. The smallest absolute Gasteiger partial charge is 0.318 e. The number of nitrogens with zero attached hydrogens (tertiary/aromatic N) is 3. The third kappa shape index (κ3) is 3.72. The summed E-state index contributed by atoms with van der Waals surface area (Å²) in [5.74, 6) is 0. The van der Waals surface area contributed by atoms with Crippen LogP contribution in [0.5, 0.6) is 0 Å². The van der Waals surface area contributed by atoms with Gasteiger partial charge in [-0.05, 0) is 39.3 Å². The van der Waals surface area contributed by atoms with E-state index in [4.69, 9.17) is 4.74 Å². The quantitative estimate of drug-likeness (QED) is 0.913. The first-order valence-electron chi connectivity index (χ1n) is 8.54. The molecule has 25 heavy (non-hydrogen) atoms. The van der Waals surface area contributed by atoms with E-state index in [0.29, 0.717) is 19.7 Å². The summed E-state index contributed by atoms with van der Waals surface area (Å²) in [5.41, 5.74) is 1.66. The Morgan fingerprint density at radius 2 is 2.24 bits per heavy atom. The molecule has 0 spiro atoms. The van der Waals surface area contributed by atoms with E-state index < -0.39 is 5.60 Å². The van der Waals surface area contributed by atoms with Gasteiger partial charge in [0.1, 0.15) is 5.60 Å². The van der Waals surface area contributed by atoms with Crippen LogP contribution in [-0.4, -0.2) is 40.4 Å². The van der Waals surface area contributed by atoms with Gasteiger partial charge in [-0.15, -0.1) is 11.3 Å². The first-order chi connectivity index (χ1) is 11.8. The summed E-state index contributed by atoms with van der Waals surface area (Å²) in [4.78, 5) is 17.1. The van der Waals surface area contributed by atoms with Crippen molar-refractivity contribution in [3.8, 4) is 0 Å². The van der Waals surface area contributed by atoms with Crippen LogP contribution in [0.4, 0.5) is 4.79 Å². The van der Waals surface area contributed by atoms with Crippen molar-refractivity contribution < 1.29 is 9.53 Å². The topological polar surface area (TPSA) is 59.4 Å². The molecular formula is C18H26N4O2S. The van der Waals surface area contributed by atoms with Crippen molar-refractivity contribution in [3.05, 3.63) is 39.3 Å². The van der Waals surface area contributed by atoms with Gasteiger partial charge in [-0.3, -0.25) is 4.68 Å². The number of amides is 2. The van der Waals surface area contributed by atoms with E-state index in [1.165, 1.54) is 15.3 Å². The molecule has 7 heteroatoms. The summed E-state index contributed by atoms with van der Waals surface area (Å²) in [7, 11) is 1.88. The number of hydrogen-bond donors (Lipinski definition) is 1. The predicted octanol–water partition coefficient (Wildman–Crippen LogP) is 3.12. The number of aryl methyl sites for hydroxylation is 3. The lowest BCUT2D eigenvalue weighted by atomic mass is 9.97. The second kappa shape index (κ2) is 6.80. The molecular weight excluding hydrogens is 336 g/mol. The van der Waals surface area contributed by atoms with E-state index in [-0.39, 0.29) is 12.1 Å². The number of carbonyl (C=O) groups excluding carboxylic acids is 1. The number of aromatic nitrogens is 2. The van der Waals surface area contributed by atoms with E-state index in [2.05, 4.69) is 30.3 Å². The van der Waals surface area contributed by atoms with Crippen LogP contribution in [0.2, 0.25) is 0 Å². The minimum absolute atomic E-state index is 0.00931. The van der Waals surface area contributed by atoms with Gasteiger partial charge in [-0.1, -0.05) is 0 Å². The van der Waals surface area contributed by atoms with Crippen LogP contribution in [0.25, 0.3) is 0 Å². The molecule has 1 N–H and O–H groups in total. The molecule has 0 radical (unpaired) electrons.